The van der Waals surface area contributed by atoms with Gasteiger partial charge in [-0.25, -0.2) is 13.8 Å². The molecule has 2 aromatic carbocycles. The number of alkyl halides is 2. The number of para-hydroxylation sites is 1. The Hall–Kier alpha value is -2.56. The average molecular weight is 286 g/mol. The van der Waals surface area contributed by atoms with Gasteiger partial charge in [0.05, 0.1) is 10.9 Å². The fourth-order valence-electron chi connectivity index (χ4n) is 2.14. The first kappa shape index (κ1) is 13.4. The SMILES string of the molecule is CC(F)(F)c1ccc(-c2nc3ccccc3c(=O)[nH]2)cc1. The van der Waals surface area contributed by atoms with E-state index in [1.807, 2.05) is 0 Å². The molecule has 0 bridgehead atoms. The van der Waals surface area contributed by atoms with E-state index in [-0.39, 0.29) is 11.1 Å². The third-order valence-electron chi connectivity index (χ3n) is 3.28. The van der Waals surface area contributed by atoms with Crippen molar-refractivity contribution in [2.75, 3.05) is 0 Å². The first-order valence-corrected chi connectivity index (χ1v) is 6.43. The lowest BCUT2D eigenvalue weighted by molar-refractivity contribution is 0.0175. The number of H-pyrrole nitrogens is 1. The van der Waals surface area contributed by atoms with E-state index >= 15 is 0 Å². The minimum atomic E-state index is -2.89. The number of halogens is 2. The second-order valence-electron chi connectivity index (χ2n) is 4.90. The predicted molar refractivity (Wildman–Crippen MR) is 77.4 cm³/mol. The van der Waals surface area contributed by atoms with Crippen LogP contribution in [-0.2, 0) is 5.92 Å². The van der Waals surface area contributed by atoms with E-state index in [1.54, 1.807) is 24.3 Å². The smallest absolute Gasteiger partial charge is 0.270 e. The van der Waals surface area contributed by atoms with E-state index in [0.29, 0.717) is 22.3 Å². The molecule has 0 amide bonds. The first-order chi connectivity index (χ1) is 9.95. The van der Waals surface area contributed by atoms with E-state index in [4.69, 9.17) is 0 Å². The molecule has 1 aromatic heterocycles. The zero-order chi connectivity index (χ0) is 15.0. The van der Waals surface area contributed by atoms with E-state index in [9.17, 15) is 13.6 Å². The van der Waals surface area contributed by atoms with Crippen molar-refractivity contribution in [1.82, 2.24) is 9.97 Å². The summed E-state index contributed by atoms with van der Waals surface area (Å²) in [5, 5.41) is 0.498. The highest BCUT2D eigenvalue weighted by molar-refractivity contribution is 5.79. The minimum Gasteiger partial charge on any atom is -0.306 e. The van der Waals surface area contributed by atoms with Crippen LogP contribution in [0.1, 0.15) is 12.5 Å². The minimum absolute atomic E-state index is 0.0746. The summed E-state index contributed by atoms with van der Waals surface area (Å²) in [5.74, 6) is -2.52. The van der Waals surface area contributed by atoms with Crippen molar-refractivity contribution in [3.63, 3.8) is 0 Å². The van der Waals surface area contributed by atoms with Gasteiger partial charge in [-0.3, -0.25) is 4.79 Å². The third-order valence-corrected chi connectivity index (χ3v) is 3.28. The number of hydrogen-bond donors (Lipinski definition) is 1. The molecule has 1 N–H and O–H groups in total. The number of aromatic nitrogens is 2. The van der Waals surface area contributed by atoms with Crippen LogP contribution in [0.4, 0.5) is 8.78 Å². The first-order valence-electron chi connectivity index (χ1n) is 6.43. The molecule has 0 aliphatic carbocycles. The highest BCUT2D eigenvalue weighted by Gasteiger charge is 2.23. The maximum atomic E-state index is 13.2. The van der Waals surface area contributed by atoms with Crippen LogP contribution in [0, 0.1) is 0 Å². The Morgan fingerprint density at radius 1 is 1.05 bits per heavy atom. The fraction of sp³-hybridized carbons (Fsp3) is 0.125. The van der Waals surface area contributed by atoms with Crippen molar-refractivity contribution >= 4 is 10.9 Å². The molecule has 0 spiro atoms. The lowest BCUT2D eigenvalue weighted by Gasteiger charge is -2.11. The summed E-state index contributed by atoms with van der Waals surface area (Å²) in [7, 11) is 0. The molecule has 3 nitrogen and oxygen atoms in total. The lowest BCUT2D eigenvalue weighted by atomic mass is 10.1. The monoisotopic (exact) mass is 286 g/mol. The molecular weight excluding hydrogens is 274 g/mol. The molecule has 0 aliphatic rings. The zero-order valence-electron chi connectivity index (χ0n) is 11.2. The topological polar surface area (TPSA) is 45.8 Å². The Morgan fingerprint density at radius 3 is 2.38 bits per heavy atom. The van der Waals surface area contributed by atoms with E-state index in [0.717, 1.165) is 6.92 Å². The molecule has 0 aliphatic heterocycles. The van der Waals surface area contributed by atoms with Gasteiger partial charge in [0.15, 0.2) is 0 Å². The molecule has 5 heteroatoms. The van der Waals surface area contributed by atoms with Crippen molar-refractivity contribution in [2.24, 2.45) is 0 Å². The second kappa shape index (κ2) is 4.77. The summed E-state index contributed by atoms with van der Waals surface area (Å²) in [4.78, 5) is 19.0. The van der Waals surface area contributed by atoms with Crippen LogP contribution in [0.15, 0.2) is 53.3 Å². The van der Waals surface area contributed by atoms with Crippen LogP contribution >= 0.6 is 0 Å². The molecule has 0 atom stereocenters. The van der Waals surface area contributed by atoms with Crippen LogP contribution in [0.2, 0.25) is 0 Å². The fourth-order valence-corrected chi connectivity index (χ4v) is 2.14. The Morgan fingerprint density at radius 2 is 1.71 bits per heavy atom. The molecule has 0 radical (unpaired) electrons. The van der Waals surface area contributed by atoms with Gasteiger partial charge in [-0.05, 0) is 12.1 Å². The zero-order valence-corrected chi connectivity index (χ0v) is 11.2. The van der Waals surface area contributed by atoms with Gasteiger partial charge < -0.3 is 4.98 Å². The standard InChI is InChI=1S/C16H12F2N2O/c1-16(17,18)11-8-6-10(7-9-11)14-19-13-5-3-2-4-12(13)15(21)20-14/h2-9H,1H3,(H,19,20,21). The summed E-state index contributed by atoms with van der Waals surface area (Å²) in [5.41, 5.74) is 0.835. The molecule has 0 saturated heterocycles. The van der Waals surface area contributed by atoms with Gasteiger partial charge in [0, 0.05) is 18.1 Å². The van der Waals surface area contributed by atoms with Gasteiger partial charge in [-0.2, -0.15) is 0 Å². The summed E-state index contributed by atoms with van der Waals surface area (Å²) < 4.78 is 26.4. The Balaban J connectivity index is 2.10. The highest BCUT2D eigenvalue weighted by Crippen LogP contribution is 2.28. The molecule has 3 aromatic rings. The Kier molecular flexibility index (Phi) is 3.05. The maximum Gasteiger partial charge on any atom is 0.270 e. The molecule has 106 valence electrons. The van der Waals surface area contributed by atoms with E-state index in [1.165, 1.54) is 24.3 Å². The summed E-state index contributed by atoms with van der Waals surface area (Å²) in [6.45, 7) is 0.845. The van der Waals surface area contributed by atoms with Crippen LogP contribution in [0.25, 0.3) is 22.3 Å². The van der Waals surface area contributed by atoms with Gasteiger partial charge in [0.2, 0.25) is 0 Å². The number of aromatic amines is 1. The second-order valence-corrected chi connectivity index (χ2v) is 4.90. The normalized spacial score (nSPS) is 11.8. The summed E-state index contributed by atoms with van der Waals surface area (Å²) >= 11 is 0. The number of nitrogens with zero attached hydrogens (tertiary/aromatic N) is 1. The molecular formula is C16H12F2N2O. The Labute approximate surface area is 119 Å². The summed E-state index contributed by atoms with van der Waals surface area (Å²) in [6, 6.07) is 12.7. The third kappa shape index (κ3) is 2.54. The number of fused-ring (bicyclic) bond motifs is 1. The van der Waals surface area contributed by atoms with Crippen LogP contribution < -0.4 is 5.56 Å². The molecule has 0 fully saturated rings. The molecule has 21 heavy (non-hydrogen) atoms. The van der Waals surface area contributed by atoms with Crippen molar-refractivity contribution in [3.8, 4) is 11.4 Å². The number of hydrogen-bond acceptors (Lipinski definition) is 2. The van der Waals surface area contributed by atoms with Gasteiger partial charge in [-0.1, -0.05) is 36.4 Å². The molecule has 0 saturated carbocycles. The van der Waals surface area contributed by atoms with Crippen LogP contribution in [-0.4, -0.2) is 9.97 Å². The molecule has 3 rings (SSSR count). The van der Waals surface area contributed by atoms with Crippen molar-refractivity contribution in [1.29, 1.82) is 0 Å². The number of rotatable bonds is 2. The lowest BCUT2D eigenvalue weighted by Crippen LogP contribution is -2.10. The molecule has 1 heterocycles. The largest absolute Gasteiger partial charge is 0.306 e. The number of nitrogens with one attached hydrogen (secondary N) is 1. The number of benzene rings is 2. The summed E-state index contributed by atoms with van der Waals surface area (Å²) in [6.07, 6.45) is 0. The van der Waals surface area contributed by atoms with Crippen LogP contribution in [0.5, 0.6) is 0 Å². The van der Waals surface area contributed by atoms with E-state index < -0.39 is 5.92 Å². The molecule has 0 unspecified atom stereocenters. The van der Waals surface area contributed by atoms with Gasteiger partial charge in [0.25, 0.3) is 11.5 Å². The van der Waals surface area contributed by atoms with E-state index in [2.05, 4.69) is 9.97 Å². The van der Waals surface area contributed by atoms with Gasteiger partial charge in [-0.15, -0.1) is 0 Å². The quantitative estimate of drug-likeness (QED) is 0.780. The van der Waals surface area contributed by atoms with Crippen LogP contribution in [0.3, 0.4) is 0 Å². The van der Waals surface area contributed by atoms with Gasteiger partial charge >= 0.3 is 0 Å². The van der Waals surface area contributed by atoms with Crippen molar-refractivity contribution < 1.29 is 8.78 Å². The highest BCUT2D eigenvalue weighted by atomic mass is 19.3. The van der Waals surface area contributed by atoms with Gasteiger partial charge in [0.1, 0.15) is 5.82 Å². The van der Waals surface area contributed by atoms with Crippen molar-refractivity contribution in [3.05, 3.63) is 64.4 Å². The Bertz CT molecular complexity index is 849. The average Bonchev–Trinajstić information content (AvgIpc) is 2.46. The van der Waals surface area contributed by atoms with Crippen molar-refractivity contribution in [2.45, 2.75) is 12.8 Å². The predicted octanol–water partition coefficient (Wildman–Crippen LogP) is 3.70. The maximum absolute atomic E-state index is 13.2.